The number of carbonyl (C=O) groups is 2. The fourth-order valence-electron chi connectivity index (χ4n) is 2.50. The van der Waals surface area contributed by atoms with E-state index in [1.54, 1.807) is 24.3 Å². The van der Waals surface area contributed by atoms with Gasteiger partial charge in [0.25, 0.3) is 5.91 Å². The molecule has 2 rings (SSSR count). The Bertz CT molecular complexity index is 825. The Balaban J connectivity index is 1.92. The summed E-state index contributed by atoms with van der Waals surface area (Å²) >= 11 is 0. The highest BCUT2D eigenvalue weighted by molar-refractivity contribution is 5.95. The highest BCUT2D eigenvalue weighted by Crippen LogP contribution is 2.14. The van der Waals surface area contributed by atoms with Gasteiger partial charge in [0.1, 0.15) is 5.75 Å². The lowest BCUT2D eigenvalue weighted by molar-refractivity contribution is -0.136. The quantitative estimate of drug-likeness (QED) is 0.779. The maximum absolute atomic E-state index is 12.5. The number of rotatable bonds is 8. The molecule has 140 valence electrons. The van der Waals surface area contributed by atoms with Crippen LogP contribution in [0.25, 0.3) is 0 Å². The maximum Gasteiger partial charge on any atom is 0.260 e. The molecular formula is C21H23N3O3. The Hall–Kier alpha value is -3.33. The molecule has 0 aromatic heterocycles. The summed E-state index contributed by atoms with van der Waals surface area (Å²) in [6.07, 6.45) is 0.736. The molecule has 6 heteroatoms. The van der Waals surface area contributed by atoms with Gasteiger partial charge in [-0.3, -0.25) is 9.59 Å². The van der Waals surface area contributed by atoms with Crippen LogP contribution in [0.15, 0.2) is 48.5 Å². The molecule has 6 nitrogen and oxygen atoms in total. The molecular weight excluding hydrogens is 342 g/mol. The van der Waals surface area contributed by atoms with Crippen LogP contribution in [-0.2, 0) is 9.59 Å². The molecule has 0 unspecified atom stereocenters. The molecule has 0 atom stereocenters. The van der Waals surface area contributed by atoms with Crippen LogP contribution in [-0.4, -0.2) is 36.4 Å². The van der Waals surface area contributed by atoms with Gasteiger partial charge < -0.3 is 15.0 Å². The van der Waals surface area contributed by atoms with Gasteiger partial charge >= 0.3 is 0 Å². The third kappa shape index (κ3) is 6.15. The van der Waals surface area contributed by atoms with Crippen LogP contribution in [0.3, 0.4) is 0 Å². The molecule has 2 aromatic carbocycles. The highest BCUT2D eigenvalue weighted by Gasteiger charge is 2.17. The van der Waals surface area contributed by atoms with Gasteiger partial charge in [0.05, 0.1) is 18.2 Å². The van der Waals surface area contributed by atoms with E-state index in [-0.39, 0.29) is 25.0 Å². The number of amides is 2. The van der Waals surface area contributed by atoms with Gasteiger partial charge in [-0.1, -0.05) is 25.1 Å². The Morgan fingerprint density at radius 1 is 1.15 bits per heavy atom. The normalized spacial score (nSPS) is 9.96. The first-order chi connectivity index (χ1) is 13.0. The molecule has 0 saturated carbocycles. The summed E-state index contributed by atoms with van der Waals surface area (Å²) in [5, 5.41) is 11.6. The lowest BCUT2D eigenvalue weighted by Gasteiger charge is -2.22. The monoisotopic (exact) mass is 365 g/mol. The molecule has 2 amide bonds. The first-order valence-corrected chi connectivity index (χ1v) is 8.79. The van der Waals surface area contributed by atoms with E-state index in [1.807, 2.05) is 44.2 Å². The number of carbonyl (C=O) groups excluding carboxylic acids is 2. The number of aryl methyl sites for hydroxylation is 1. The summed E-state index contributed by atoms with van der Waals surface area (Å²) in [6, 6.07) is 16.0. The zero-order chi connectivity index (χ0) is 19.6. The van der Waals surface area contributed by atoms with E-state index in [2.05, 4.69) is 5.32 Å². The fourth-order valence-corrected chi connectivity index (χ4v) is 2.50. The molecule has 0 aliphatic rings. The first-order valence-electron chi connectivity index (χ1n) is 8.79. The summed E-state index contributed by atoms with van der Waals surface area (Å²) in [5.74, 6) is -0.00576. The number of nitrogens with zero attached hydrogens (tertiary/aromatic N) is 2. The number of para-hydroxylation sites is 1. The van der Waals surface area contributed by atoms with Crippen LogP contribution < -0.4 is 10.1 Å². The molecule has 0 fully saturated rings. The largest absolute Gasteiger partial charge is 0.484 e. The zero-order valence-corrected chi connectivity index (χ0v) is 15.6. The van der Waals surface area contributed by atoms with E-state index in [1.165, 1.54) is 4.90 Å². The van der Waals surface area contributed by atoms with Crippen LogP contribution in [0.2, 0.25) is 0 Å². The molecule has 0 bridgehead atoms. The van der Waals surface area contributed by atoms with E-state index >= 15 is 0 Å². The second-order valence-electron chi connectivity index (χ2n) is 6.10. The molecule has 27 heavy (non-hydrogen) atoms. The van der Waals surface area contributed by atoms with Gasteiger partial charge in [-0.15, -0.1) is 0 Å². The van der Waals surface area contributed by atoms with Gasteiger partial charge in [-0.2, -0.15) is 5.26 Å². The minimum Gasteiger partial charge on any atom is -0.484 e. The van der Waals surface area contributed by atoms with Crippen molar-refractivity contribution in [3.05, 3.63) is 59.7 Å². The summed E-state index contributed by atoms with van der Waals surface area (Å²) in [7, 11) is 0. The van der Waals surface area contributed by atoms with E-state index in [0.29, 0.717) is 17.9 Å². The molecule has 0 saturated heterocycles. The third-order valence-corrected chi connectivity index (χ3v) is 3.95. The Labute approximate surface area is 159 Å². The van der Waals surface area contributed by atoms with Crippen molar-refractivity contribution >= 4 is 17.5 Å². The minimum atomic E-state index is -0.263. The van der Waals surface area contributed by atoms with Crippen molar-refractivity contribution in [1.29, 1.82) is 5.26 Å². The number of nitriles is 1. The van der Waals surface area contributed by atoms with Crippen LogP contribution in [0, 0.1) is 18.3 Å². The Morgan fingerprint density at radius 2 is 1.85 bits per heavy atom. The third-order valence-electron chi connectivity index (χ3n) is 3.95. The molecule has 0 aliphatic heterocycles. The van der Waals surface area contributed by atoms with Gasteiger partial charge in [0.15, 0.2) is 6.61 Å². The predicted molar refractivity (Wildman–Crippen MR) is 103 cm³/mol. The summed E-state index contributed by atoms with van der Waals surface area (Å²) in [5.41, 5.74) is 2.22. The van der Waals surface area contributed by atoms with E-state index in [4.69, 9.17) is 10.00 Å². The average molecular weight is 365 g/mol. The average Bonchev–Trinajstić information content (AvgIpc) is 2.68. The second kappa shape index (κ2) is 9.97. The number of benzene rings is 2. The standard InChI is InChI=1S/C21H23N3O3/c1-3-12-24(14-20(25)23-19-7-5-4-6-16(19)2)21(26)15-27-18-10-8-17(13-22)9-11-18/h4-11H,3,12,14-15H2,1-2H3,(H,23,25). The lowest BCUT2D eigenvalue weighted by Crippen LogP contribution is -2.41. The van der Waals surface area contributed by atoms with Crippen molar-refractivity contribution in [2.24, 2.45) is 0 Å². The number of anilines is 1. The molecule has 0 aliphatic carbocycles. The molecule has 0 spiro atoms. The van der Waals surface area contributed by atoms with Crippen molar-refractivity contribution in [3.8, 4) is 11.8 Å². The van der Waals surface area contributed by atoms with Crippen molar-refractivity contribution in [1.82, 2.24) is 4.90 Å². The van der Waals surface area contributed by atoms with Crippen LogP contribution in [0.4, 0.5) is 5.69 Å². The number of hydrogen-bond donors (Lipinski definition) is 1. The smallest absolute Gasteiger partial charge is 0.260 e. The lowest BCUT2D eigenvalue weighted by atomic mass is 10.2. The fraction of sp³-hybridized carbons (Fsp3) is 0.286. The van der Waals surface area contributed by atoms with Gasteiger partial charge in [0.2, 0.25) is 5.91 Å². The van der Waals surface area contributed by atoms with Gasteiger partial charge in [-0.25, -0.2) is 0 Å². The number of nitrogens with one attached hydrogen (secondary N) is 1. The predicted octanol–water partition coefficient (Wildman–Crippen LogP) is 3.12. The van der Waals surface area contributed by atoms with E-state index < -0.39 is 0 Å². The number of ether oxygens (including phenoxy) is 1. The second-order valence-corrected chi connectivity index (χ2v) is 6.10. The van der Waals surface area contributed by atoms with Crippen molar-refractivity contribution in [2.75, 3.05) is 25.0 Å². The van der Waals surface area contributed by atoms with Crippen LogP contribution in [0.5, 0.6) is 5.75 Å². The first kappa shape index (κ1) is 20.0. The van der Waals surface area contributed by atoms with E-state index in [0.717, 1.165) is 17.7 Å². The summed E-state index contributed by atoms with van der Waals surface area (Å²) < 4.78 is 5.48. The van der Waals surface area contributed by atoms with Crippen molar-refractivity contribution < 1.29 is 14.3 Å². The summed E-state index contributed by atoms with van der Waals surface area (Å²) in [4.78, 5) is 26.3. The van der Waals surface area contributed by atoms with Gasteiger partial charge in [0, 0.05) is 12.2 Å². The maximum atomic E-state index is 12.5. The molecule has 1 N–H and O–H groups in total. The van der Waals surface area contributed by atoms with E-state index in [9.17, 15) is 9.59 Å². The molecule has 2 aromatic rings. The minimum absolute atomic E-state index is 0.0300. The highest BCUT2D eigenvalue weighted by atomic mass is 16.5. The SMILES string of the molecule is CCCN(CC(=O)Nc1ccccc1C)C(=O)COc1ccc(C#N)cc1. The molecule has 0 heterocycles. The van der Waals surface area contributed by atoms with Crippen molar-refractivity contribution in [2.45, 2.75) is 20.3 Å². The Kier molecular flexibility index (Phi) is 7.38. The van der Waals surface area contributed by atoms with Crippen LogP contribution >= 0.6 is 0 Å². The number of hydrogen-bond acceptors (Lipinski definition) is 4. The Morgan fingerprint density at radius 3 is 2.48 bits per heavy atom. The van der Waals surface area contributed by atoms with Crippen LogP contribution in [0.1, 0.15) is 24.5 Å². The van der Waals surface area contributed by atoms with Crippen molar-refractivity contribution in [3.63, 3.8) is 0 Å². The molecule has 0 radical (unpaired) electrons. The topological polar surface area (TPSA) is 82.4 Å². The summed E-state index contributed by atoms with van der Waals surface area (Å²) in [6.45, 7) is 4.13. The van der Waals surface area contributed by atoms with Gasteiger partial charge in [-0.05, 0) is 49.2 Å². The zero-order valence-electron chi connectivity index (χ0n) is 15.6.